The zero-order valence-corrected chi connectivity index (χ0v) is 10.9. The van der Waals surface area contributed by atoms with Crippen LogP contribution in [0.25, 0.3) is 22.2 Å². The molecular weight excluding hydrogens is 262 g/mol. The first-order valence-electron chi connectivity index (χ1n) is 6.29. The molecule has 0 saturated carbocycles. The minimum atomic E-state index is 0.270. The van der Waals surface area contributed by atoms with E-state index >= 15 is 0 Å². The number of carbonyl (C=O) groups is 1. The Labute approximate surface area is 120 Å². The highest BCUT2D eigenvalue weighted by atomic mass is 16.1. The third-order valence-corrected chi connectivity index (χ3v) is 3.40. The van der Waals surface area contributed by atoms with E-state index in [1.165, 1.54) is 0 Å². The lowest BCUT2D eigenvalue weighted by atomic mass is 10.0. The fourth-order valence-electron chi connectivity index (χ4n) is 2.40. The summed E-state index contributed by atoms with van der Waals surface area (Å²) in [6.07, 6.45) is 0.772. The molecule has 1 N–H and O–H groups in total. The summed E-state index contributed by atoms with van der Waals surface area (Å²) >= 11 is 0. The largest absolute Gasteiger partial charge is 0.354 e. The van der Waals surface area contributed by atoms with Gasteiger partial charge >= 0.3 is 0 Å². The molecule has 0 bridgehead atoms. The van der Waals surface area contributed by atoms with E-state index < -0.39 is 0 Å². The number of aromatic nitrogens is 1. The molecule has 4 heteroatoms. The molecular formula is C17H9N3O. The third-order valence-electron chi connectivity index (χ3n) is 3.40. The summed E-state index contributed by atoms with van der Waals surface area (Å²) in [5, 5.41) is 18.8. The Kier molecular flexibility index (Phi) is 2.99. The Morgan fingerprint density at radius 2 is 1.67 bits per heavy atom. The quantitative estimate of drug-likeness (QED) is 0.725. The summed E-state index contributed by atoms with van der Waals surface area (Å²) in [4.78, 5) is 14.6. The molecule has 3 rings (SSSR count). The van der Waals surface area contributed by atoms with Gasteiger partial charge in [-0.25, -0.2) is 0 Å². The van der Waals surface area contributed by atoms with Crippen molar-refractivity contribution in [2.45, 2.75) is 0 Å². The van der Waals surface area contributed by atoms with Gasteiger partial charge < -0.3 is 4.98 Å². The van der Waals surface area contributed by atoms with E-state index in [9.17, 15) is 4.79 Å². The fraction of sp³-hybridized carbons (Fsp3) is 0. The normalized spacial score (nSPS) is 10.0. The van der Waals surface area contributed by atoms with Crippen molar-refractivity contribution in [1.29, 1.82) is 10.5 Å². The molecule has 0 radical (unpaired) electrons. The van der Waals surface area contributed by atoms with Gasteiger partial charge in [-0.15, -0.1) is 0 Å². The van der Waals surface area contributed by atoms with Gasteiger partial charge in [-0.3, -0.25) is 4.79 Å². The number of nitrogens with zero attached hydrogens (tertiary/aromatic N) is 2. The Hall–Kier alpha value is -3.37. The first-order valence-corrected chi connectivity index (χ1v) is 6.29. The van der Waals surface area contributed by atoms with E-state index in [-0.39, 0.29) is 5.56 Å². The number of benzene rings is 2. The van der Waals surface area contributed by atoms with Crippen LogP contribution in [0.2, 0.25) is 0 Å². The molecule has 98 valence electrons. The molecule has 0 fully saturated rings. The Bertz CT molecular complexity index is 925. The van der Waals surface area contributed by atoms with E-state index in [0.717, 1.165) is 11.8 Å². The Morgan fingerprint density at radius 1 is 1.00 bits per heavy atom. The van der Waals surface area contributed by atoms with Crippen LogP contribution < -0.4 is 0 Å². The van der Waals surface area contributed by atoms with Crippen molar-refractivity contribution >= 4 is 17.2 Å². The van der Waals surface area contributed by atoms with Crippen molar-refractivity contribution in [3.8, 4) is 23.4 Å². The van der Waals surface area contributed by atoms with Crippen LogP contribution in [0.5, 0.6) is 0 Å². The topological polar surface area (TPSA) is 80.4 Å². The fourth-order valence-corrected chi connectivity index (χ4v) is 2.40. The first-order chi connectivity index (χ1) is 10.3. The van der Waals surface area contributed by atoms with Gasteiger partial charge in [-0.2, -0.15) is 10.5 Å². The summed E-state index contributed by atoms with van der Waals surface area (Å²) in [5.74, 6) is 0. The smallest absolute Gasteiger partial charge is 0.152 e. The van der Waals surface area contributed by atoms with Gasteiger partial charge in [0, 0.05) is 16.5 Å². The highest BCUT2D eigenvalue weighted by molar-refractivity contribution is 6.05. The van der Waals surface area contributed by atoms with Gasteiger partial charge in [0.25, 0.3) is 0 Å². The van der Waals surface area contributed by atoms with Crippen LogP contribution in [0, 0.1) is 22.7 Å². The minimum Gasteiger partial charge on any atom is -0.354 e. The second kappa shape index (κ2) is 4.96. The summed E-state index contributed by atoms with van der Waals surface area (Å²) in [6, 6.07) is 16.6. The average molecular weight is 271 g/mol. The number of nitriles is 2. The van der Waals surface area contributed by atoms with Crippen LogP contribution in [0.4, 0.5) is 0 Å². The average Bonchev–Trinajstić information content (AvgIpc) is 2.91. The number of hydrogen-bond acceptors (Lipinski definition) is 3. The van der Waals surface area contributed by atoms with Gasteiger partial charge in [0.15, 0.2) is 6.29 Å². The maximum atomic E-state index is 11.5. The van der Waals surface area contributed by atoms with Crippen molar-refractivity contribution in [2.75, 3.05) is 0 Å². The van der Waals surface area contributed by atoms with Crippen LogP contribution in [0.3, 0.4) is 0 Å². The summed E-state index contributed by atoms with van der Waals surface area (Å²) in [5.41, 5.74) is 3.31. The van der Waals surface area contributed by atoms with Crippen molar-refractivity contribution in [3.63, 3.8) is 0 Å². The minimum absolute atomic E-state index is 0.270. The second-order valence-corrected chi connectivity index (χ2v) is 4.56. The molecule has 21 heavy (non-hydrogen) atoms. The molecule has 0 spiro atoms. The summed E-state index contributed by atoms with van der Waals surface area (Å²) in [7, 11) is 0. The zero-order valence-electron chi connectivity index (χ0n) is 10.9. The number of nitrogens with one attached hydrogen (secondary N) is 1. The lowest BCUT2D eigenvalue weighted by Gasteiger charge is -1.98. The van der Waals surface area contributed by atoms with Crippen molar-refractivity contribution in [3.05, 3.63) is 59.2 Å². The number of aldehydes is 1. The number of H-pyrrole nitrogens is 1. The zero-order chi connectivity index (χ0) is 14.8. The molecule has 0 amide bonds. The lowest BCUT2D eigenvalue weighted by molar-refractivity contribution is 0.112. The molecule has 4 nitrogen and oxygen atoms in total. The molecule has 0 aliphatic heterocycles. The molecule has 0 aliphatic rings. The predicted octanol–water partition coefficient (Wildman–Crippen LogP) is 3.39. The number of aromatic amines is 1. The summed E-state index contributed by atoms with van der Waals surface area (Å²) in [6.45, 7) is 0. The predicted molar refractivity (Wildman–Crippen MR) is 78.6 cm³/mol. The summed E-state index contributed by atoms with van der Waals surface area (Å²) < 4.78 is 0. The molecule has 0 saturated heterocycles. The molecule has 0 atom stereocenters. The van der Waals surface area contributed by atoms with E-state index in [0.29, 0.717) is 27.7 Å². The van der Waals surface area contributed by atoms with Crippen LogP contribution in [-0.4, -0.2) is 11.3 Å². The third kappa shape index (κ3) is 1.96. The van der Waals surface area contributed by atoms with Crippen LogP contribution in [-0.2, 0) is 0 Å². The molecule has 2 aromatic carbocycles. The second-order valence-electron chi connectivity index (χ2n) is 4.56. The van der Waals surface area contributed by atoms with Gasteiger partial charge in [-0.1, -0.05) is 30.3 Å². The van der Waals surface area contributed by atoms with Crippen LogP contribution in [0.15, 0.2) is 42.5 Å². The Morgan fingerprint density at radius 3 is 2.29 bits per heavy atom. The van der Waals surface area contributed by atoms with Crippen LogP contribution in [0.1, 0.15) is 21.5 Å². The molecule has 0 unspecified atom stereocenters. The number of rotatable bonds is 2. The SMILES string of the molecule is N#Cc1cc2[nH]c(-c3ccccc3)c(C=O)c2cc1C#N. The first kappa shape index (κ1) is 12.7. The maximum absolute atomic E-state index is 11.5. The monoisotopic (exact) mass is 271 g/mol. The van der Waals surface area contributed by atoms with Gasteiger partial charge in [0.1, 0.15) is 12.1 Å². The molecule has 1 heterocycles. The van der Waals surface area contributed by atoms with Crippen molar-refractivity contribution in [2.24, 2.45) is 0 Å². The Balaban J connectivity index is 2.37. The van der Waals surface area contributed by atoms with Crippen LogP contribution >= 0.6 is 0 Å². The van der Waals surface area contributed by atoms with E-state index in [1.54, 1.807) is 12.1 Å². The number of carbonyl (C=O) groups excluding carboxylic acids is 1. The van der Waals surface area contributed by atoms with E-state index in [1.807, 2.05) is 42.5 Å². The maximum Gasteiger partial charge on any atom is 0.152 e. The molecule has 1 aromatic heterocycles. The highest BCUT2D eigenvalue weighted by Gasteiger charge is 2.15. The molecule has 0 aliphatic carbocycles. The van der Waals surface area contributed by atoms with Crippen molar-refractivity contribution < 1.29 is 4.79 Å². The highest BCUT2D eigenvalue weighted by Crippen LogP contribution is 2.30. The van der Waals surface area contributed by atoms with E-state index in [4.69, 9.17) is 10.5 Å². The molecule has 3 aromatic rings. The number of hydrogen-bond donors (Lipinski definition) is 1. The van der Waals surface area contributed by atoms with Gasteiger partial charge in [-0.05, 0) is 17.7 Å². The van der Waals surface area contributed by atoms with Gasteiger partial charge in [0.05, 0.1) is 16.8 Å². The number of fused-ring (bicyclic) bond motifs is 1. The lowest BCUT2D eigenvalue weighted by Crippen LogP contribution is -1.85. The van der Waals surface area contributed by atoms with Gasteiger partial charge in [0.2, 0.25) is 0 Å². The standard InChI is InChI=1S/C17H9N3O/c18-8-12-6-14-15(10-21)17(11-4-2-1-3-5-11)20-16(14)7-13(12)9-19/h1-7,10,20H. The van der Waals surface area contributed by atoms with E-state index in [2.05, 4.69) is 4.98 Å². The van der Waals surface area contributed by atoms with Crippen molar-refractivity contribution in [1.82, 2.24) is 4.98 Å².